The minimum absolute atomic E-state index is 0.711. The Labute approximate surface area is 111 Å². The molecule has 1 aromatic rings. The Morgan fingerprint density at radius 1 is 1.17 bits per heavy atom. The molecule has 0 aliphatic carbocycles. The highest BCUT2D eigenvalue weighted by atomic mass is 15.2. The molecule has 0 saturated carbocycles. The Bertz CT molecular complexity index is 358. The van der Waals surface area contributed by atoms with Gasteiger partial charge in [0.15, 0.2) is 0 Å². The van der Waals surface area contributed by atoms with E-state index in [2.05, 4.69) is 43.0 Å². The van der Waals surface area contributed by atoms with Crippen LogP contribution in [0.4, 0.5) is 0 Å². The summed E-state index contributed by atoms with van der Waals surface area (Å²) in [5.74, 6) is 0.829. The van der Waals surface area contributed by atoms with Gasteiger partial charge in [-0.25, -0.2) is 0 Å². The number of likely N-dealkylation sites (tertiary alicyclic amines) is 1. The smallest absolute Gasteiger partial charge is 0.0236 e. The van der Waals surface area contributed by atoms with Crippen LogP contribution in [0, 0.1) is 5.92 Å². The van der Waals surface area contributed by atoms with Crippen molar-refractivity contribution in [2.45, 2.75) is 45.7 Å². The molecule has 0 bridgehead atoms. The summed E-state index contributed by atoms with van der Waals surface area (Å²) in [5.41, 5.74) is 8.35. The van der Waals surface area contributed by atoms with Crippen LogP contribution in [0.2, 0.25) is 0 Å². The maximum absolute atomic E-state index is 5.57. The summed E-state index contributed by atoms with van der Waals surface area (Å²) >= 11 is 0. The molecule has 1 aliphatic rings. The molecule has 1 aromatic carbocycles. The fourth-order valence-electron chi connectivity index (χ4n) is 2.86. The summed E-state index contributed by atoms with van der Waals surface area (Å²) < 4.78 is 0. The lowest BCUT2D eigenvalue weighted by atomic mass is 9.91. The summed E-state index contributed by atoms with van der Waals surface area (Å²) in [5, 5.41) is 0. The van der Waals surface area contributed by atoms with E-state index in [1.165, 1.54) is 30.5 Å². The van der Waals surface area contributed by atoms with E-state index in [1.54, 1.807) is 0 Å². The van der Waals surface area contributed by atoms with Crippen LogP contribution in [-0.2, 0) is 13.0 Å². The van der Waals surface area contributed by atoms with Gasteiger partial charge in [0.2, 0.25) is 0 Å². The van der Waals surface area contributed by atoms with Crippen LogP contribution in [0.3, 0.4) is 0 Å². The molecule has 1 heterocycles. The lowest BCUT2D eigenvalue weighted by Crippen LogP contribution is -2.41. The Hall–Kier alpha value is -0.860. The van der Waals surface area contributed by atoms with Crippen molar-refractivity contribution in [2.24, 2.45) is 11.7 Å². The summed E-state index contributed by atoms with van der Waals surface area (Å²) in [6.07, 6.45) is 3.71. The van der Waals surface area contributed by atoms with Crippen LogP contribution in [-0.4, -0.2) is 24.0 Å². The van der Waals surface area contributed by atoms with Crippen molar-refractivity contribution in [1.82, 2.24) is 4.90 Å². The van der Waals surface area contributed by atoms with Gasteiger partial charge in [-0.1, -0.05) is 31.2 Å². The second-order valence-electron chi connectivity index (χ2n) is 5.69. The molecular weight excluding hydrogens is 220 g/mol. The first kappa shape index (κ1) is 13.6. The van der Waals surface area contributed by atoms with Crippen LogP contribution in [0.15, 0.2) is 24.3 Å². The SMILES string of the molecule is CC1CCCN(Cc2ccc(CCN)cc2)C1C. The monoisotopic (exact) mass is 246 g/mol. The molecule has 0 radical (unpaired) electrons. The number of rotatable bonds is 4. The van der Waals surface area contributed by atoms with Crippen LogP contribution in [0.5, 0.6) is 0 Å². The minimum atomic E-state index is 0.711. The molecule has 100 valence electrons. The number of piperidine rings is 1. The number of benzene rings is 1. The highest BCUT2D eigenvalue weighted by molar-refractivity contribution is 5.22. The highest BCUT2D eigenvalue weighted by Gasteiger charge is 2.24. The van der Waals surface area contributed by atoms with Crippen LogP contribution < -0.4 is 5.73 Å². The van der Waals surface area contributed by atoms with E-state index in [1.807, 2.05) is 0 Å². The third-order valence-corrected chi connectivity index (χ3v) is 4.35. The zero-order valence-corrected chi connectivity index (χ0v) is 11.7. The molecule has 2 atom stereocenters. The number of hydrogen-bond acceptors (Lipinski definition) is 2. The van der Waals surface area contributed by atoms with Crippen LogP contribution in [0.1, 0.15) is 37.8 Å². The van der Waals surface area contributed by atoms with E-state index in [4.69, 9.17) is 5.73 Å². The second-order valence-corrected chi connectivity index (χ2v) is 5.69. The fraction of sp³-hybridized carbons (Fsp3) is 0.625. The van der Waals surface area contributed by atoms with Gasteiger partial charge in [-0.05, 0) is 56.3 Å². The van der Waals surface area contributed by atoms with Crippen molar-refractivity contribution in [1.29, 1.82) is 0 Å². The first-order valence-corrected chi connectivity index (χ1v) is 7.22. The molecule has 0 amide bonds. The fourth-order valence-corrected chi connectivity index (χ4v) is 2.86. The van der Waals surface area contributed by atoms with Crippen molar-refractivity contribution in [3.63, 3.8) is 0 Å². The van der Waals surface area contributed by atoms with E-state index in [-0.39, 0.29) is 0 Å². The lowest BCUT2D eigenvalue weighted by Gasteiger charge is -2.38. The van der Waals surface area contributed by atoms with Crippen molar-refractivity contribution in [2.75, 3.05) is 13.1 Å². The molecule has 1 aliphatic heterocycles. The van der Waals surface area contributed by atoms with Gasteiger partial charge in [-0.15, -0.1) is 0 Å². The zero-order chi connectivity index (χ0) is 13.0. The molecule has 0 aromatic heterocycles. The number of hydrogen-bond donors (Lipinski definition) is 1. The van der Waals surface area contributed by atoms with E-state index in [0.29, 0.717) is 6.04 Å². The Morgan fingerprint density at radius 2 is 1.83 bits per heavy atom. The summed E-state index contributed by atoms with van der Waals surface area (Å²) in [4.78, 5) is 2.62. The standard InChI is InChI=1S/C16H26N2/c1-13-4-3-11-18(14(13)2)12-16-7-5-15(6-8-16)9-10-17/h5-8,13-14H,3-4,9-12,17H2,1-2H3. The van der Waals surface area contributed by atoms with Gasteiger partial charge >= 0.3 is 0 Å². The topological polar surface area (TPSA) is 29.3 Å². The Kier molecular flexibility index (Phi) is 4.79. The highest BCUT2D eigenvalue weighted by Crippen LogP contribution is 2.24. The molecular formula is C16H26N2. The number of nitrogens with two attached hydrogens (primary N) is 1. The number of nitrogens with zero attached hydrogens (tertiary/aromatic N) is 1. The maximum Gasteiger partial charge on any atom is 0.0236 e. The van der Waals surface area contributed by atoms with E-state index < -0.39 is 0 Å². The molecule has 0 spiro atoms. The van der Waals surface area contributed by atoms with Gasteiger partial charge in [0.1, 0.15) is 0 Å². The Balaban J connectivity index is 1.96. The minimum Gasteiger partial charge on any atom is -0.330 e. The summed E-state index contributed by atoms with van der Waals surface area (Å²) in [6.45, 7) is 7.82. The Morgan fingerprint density at radius 3 is 2.50 bits per heavy atom. The maximum atomic E-state index is 5.57. The second kappa shape index (κ2) is 6.35. The molecule has 2 unspecified atom stereocenters. The predicted molar refractivity (Wildman–Crippen MR) is 77.5 cm³/mol. The summed E-state index contributed by atoms with van der Waals surface area (Å²) in [6, 6.07) is 9.68. The quantitative estimate of drug-likeness (QED) is 0.885. The van der Waals surface area contributed by atoms with Crippen LogP contribution in [0.25, 0.3) is 0 Å². The largest absolute Gasteiger partial charge is 0.330 e. The van der Waals surface area contributed by atoms with Gasteiger partial charge in [0.25, 0.3) is 0 Å². The predicted octanol–water partition coefficient (Wildman–Crippen LogP) is 2.81. The van der Waals surface area contributed by atoms with Crippen molar-refractivity contribution >= 4 is 0 Å². The third kappa shape index (κ3) is 3.33. The summed E-state index contributed by atoms with van der Waals surface area (Å²) in [7, 11) is 0. The first-order valence-electron chi connectivity index (χ1n) is 7.22. The van der Waals surface area contributed by atoms with E-state index in [0.717, 1.165) is 25.4 Å². The zero-order valence-electron chi connectivity index (χ0n) is 11.7. The van der Waals surface area contributed by atoms with Crippen molar-refractivity contribution < 1.29 is 0 Å². The lowest BCUT2D eigenvalue weighted by molar-refractivity contribution is 0.106. The first-order chi connectivity index (χ1) is 8.70. The molecule has 18 heavy (non-hydrogen) atoms. The molecule has 2 rings (SSSR count). The third-order valence-electron chi connectivity index (χ3n) is 4.35. The average molecular weight is 246 g/mol. The van der Waals surface area contributed by atoms with Gasteiger partial charge in [-0.2, -0.15) is 0 Å². The van der Waals surface area contributed by atoms with Gasteiger partial charge in [-0.3, -0.25) is 4.90 Å². The average Bonchev–Trinajstić information content (AvgIpc) is 2.38. The van der Waals surface area contributed by atoms with E-state index >= 15 is 0 Å². The molecule has 2 N–H and O–H groups in total. The van der Waals surface area contributed by atoms with E-state index in [9.17, 15) is 0 Å². The van der Waals surface area contributed by atoms with Gasteiger partial charge in [0, 0.05) is 12.6 Å². The van der Waals surface area contributed by atoms with Crippen LogP contribution >= 0.6 is 0 Å². The molecule has 1 saturated heterocycles. The van der Waals surface area contributed by atoms with Crippen molar-refractivity contribution in [3.8, 4) is 0 Å². The molecule has 2 nitrogen and oxygen atoms in total. The van der Waals surface area contributed by atoms with Gasteiger partial charge in [0.05, 0.1) is 0 Å². The van der Waals surface area contributed by atoms with Gasteiger partial charge < -0.3 is 5.73 Å². The van der Waals surface area contributed by atoms with Crippen molar-refractivity contribution in [3.05, 3.63) is 35.4 Å². The normalized spacial score (nSPS) is 25.3. The molecule has 1 fully saturated rings. The molecule has 2 heteroatoms.